The first-order valence-electron chi connectivity index (χ1n) is 7.98. The van der Waals surface area contributed by atoms with Gasteiger partial charge in [0.15, 0.2) is 0 Å². The molecule has 0 bridgehead atoms. The van der Waals surface area contributed by atoms with Crippen LogP contribution in [-0.2, 0) is 19.1 Å². The van der Waals surface area contributed by atoms with Gasteiger partial charge in [-0.2, -0.15) is 5.10 Å². The van der Waals surface area contributed by atoms with E-state index in [2.05, 4.69) is 10.1 Å². The standard InChI is InChI=1S/C16H26N2O4/c1-11(9-17-18-8-4-5-12(18)10-21-2)13-6-7-14(19)15(13)16(20)22-3/h9,11-13,15H,4-8,10H2,1-3H3/b17-9+/t11?,12-,13+,15+/m0/s1. The largest absolute Gasteiger partial charge is 0.468 e. The average Bonchev–Trinajstić information content (AvgIpc) is 3.11. The number of methoxy groups -OCH3 is 2. The molecule has 0 aromatic rings. The fraction of sp³-hybridized carbons (Fsp3) is 0.812. The fourth-order valence-corrected chi connectivity index (χ4v) is 3.51. The number of hydrogen-bond donors (Lipinski definition) is 0. The molecule has 6 nitrogen and oxygen atoms in total. The van der Waals surface area contributed by atoms with Crippen LogP contribution in [0.4, 0.5) is 0 Å². The predicted molar refractivity (Wildman–Crippen MR) is 82.5 cm³/mol. The number of carbonyl (C=O) groups excluding carboxylic acids is 2. The highest BCUT2D eigenvalue weighted by atomic mass is 16.5. The Balaban J connectivity index is 1.98. The highest BCUT2D eigenvalue weighted by Crippen LogP contribution is 2.35. The first-order chi connectivity index (χ1) is 10.6. The van der Waals surface area contributed by atoms with Gasteiger partial charge in [0.1, 0.15) is 11.7 Å². The lowest BCUT2D eigenvalue weighted by molar-refractivity contribution is -0.150. The average molecular weight is 310 g/mol. The molecular weight excluding hydrogens is 284 g/mol. The van der Waals surface area contributed by atoms with Crippen molar-refractivity contribution in [3.8, 4) is 0 Å². The van der Waals surface area contributed by atoms with Crippen molar-refractivity contribution in [1.82, 2.24) is 5.01 Å². The van der Waals surface area contributed by atoms with Crippen molar-refractivity contribution in [2.24, 2.45) is 22.9 Å². The van der Waals surface area contributed by atoms with E-state index in [1.165, 1.54) is 7.11 Å². The number of ketones is 1. The van der Waals surface area contributed by atoms with E-state index in [1.807, 2.05) is 13.1 Å². The molecular formula is C16H26N2O4. The van der Waals surface area contributed by atoms with Crippen LogP contribution in [0.3, 0.4) is 0 Å². The van der Waals surface area contributed by atoms with Crippen molar-refractivity contribution >= 4 is 18.0 Å². The van der Waals surface area contributed by atoms with E-state index in [0.717, 1.165) is 25.8 Å². The zero-order valence-electron chi connectivity index (χ0n) is 13.7. The summed E-state index contributed by atoms with van der Waals surface area (Å²) in [7, 11) is 3.04. The van der Waals surface area contributed by atoms with Crippen molar-refractivity contribution in [3.05, 3.63) is 0 Å². The van der Waals surface area contributed by atoms with Crippen molar-refractivity contribution in [3.63, 3.8) is 0 Å². The molecule has 1 unspecified atom stereocenters. The van der Waals surface area contributed by atoms with Crippen molar-refractivity contribution in [1.29, 1.82) is 0 Å². The maximum Gasteiger partial charge on any atom is 0.316 e. The van der Waals surface area contributed by atoms with Crippen LogP contribution in [0.2, 0.25) is 0 Å². The summed E-state index contributed by atoms with van der Waals surface area (Å²) in [4.78, 5) is 23.7. The Labute approximate surface area is 131 Å². The van der Waals surface area contributed by atoms with Crippen molar-refractivity contribution in [2.45, 2.75) is 38.6 Å². The van der Waals surface area contributed by atoms with Gasteiger partial charge in [-0.25, -0.2) is 0 Å². The molecule has 0 radical (unpaired) electrons. The van der Waals surface area contributed by atoms with Gasteiger partial charge in [-0.15, -0.1) is 0 Å². The molecule has 6 heteroatoms. The van der Waals surface area contributed by atoms with Crippen LogP contribution in [0.25, 0.3) is 0 Å². The van der Waals surface area contributed by atoms with Gasteiger partial charge in [-0.3, -0.25) is 14.6 Å². The third-order valence-corrected chi connectivity index (χ3v) is 4.78. The molecule has 0 amide bonds. The molecule has 124 valence electrons. The molecule has 0 aromatic carbocycles. The Kier molecular flexibility index (Phi) is 5.94. The molecule has 2 rings (SSSR count). The summed E-state index contributed by atoms with van der Waals surface area (Å²) in [5.41, 5.74) is 0. The molecule has 2 fully saturated rings. The maximum absolute atomic E-state index is 11.9. The number of hydrazone groups is 1. The molecule has 1 aliphatic heterocycles. The SMILES string of the molecule is COC[C@@H]1CCCN1/N=C/C(C)[C@H]1CCC(=O)[C@@H]1C(=O)OC. The van der Waals surface area contributed by atoms with Crippen LogP contribution in [0.5, 0.6) is 0 Å². The maximum atomic E-state index is 11.9. The summed E-state index contributed by atoms with van der Waals surface area (Å²) in [6.07, 6.45) is 5.28. The molecule has 1 saturated carbocycles. The first kappa shape index (κ1) is 16.9. The van der Waals surface area contributed by atoms with E-state index < -0.39 is 11.9 Å². The minimum absolute atomic E-state index is 0.00414. The van der Waals surface area contributed by atoms with Crippen LogP contribution >= 0.6 is 0 Å². The van der Waals surface area contributed by atoms with Crippen LogP contribution in [0.15, 0.2) is 5.10 Å². The molecule has 0 aromatic heterocycles. The Morgan fingerprint density at radius 3 is 2.91 bits per heavy atom. The van der Waals surface area contributed by atoms with Crippen LogP contribution in [0.1, 0.15) is 32.6 Å². The number of hydrogen-bond acceptors (Lipinski definition) is 6. The summed E-state index contributed by atoms with van der Waals surface area (Å²) in [5.74, 6) is -0.979. The number of rotatable bonds is 6. The molecule has 4 atom stereocenters. The quantitative estimate of drug-likeness (QED) is 0.422. The predicted octanol–water partition coefficient (Wildman–Crippen LogP) is 1.49. The zero-order chi connectivity index (χ0) is 16.1. The minimum atomic E-state index is -0.625. The normalized spacial score (nSPS) is 30.2. The number of Topliss-reactive ketones (excluding diaryl/α,β-unsaturated/α-hetero) is 1. The summed E-state index contributed by atoms with van der Waals surface area (Å²) >= 11 is 0. The zero-order valence-corrected chi connectivity index (χ0v) is 13.7. The minimum Gasteiger partial charge on any atom is -0.468 e. The number of esters is 1. The Morgan fingerprint density at radius 1 is 1.45 bits per heavy atom. The summed E-state index contributed by atoms with van der Waals surface area (Å²) in [6, 6.07) is 0.329. The van der Waals surface area contributed by atoms with Gasteiger partial charge in [0.2, 0.25) is 0 Å². The number of ether oxygens (including phenoxy) is 2. The van der Waals surface area contributed by atoms with Gasteiger partial charge in [-0.1, -0.05) is 6.92 Å². The Morgan fingerprint density at radius 2 is 2.23 bits per heavy atom. The number of carbonyl (C=O) groups is 2. The van der Waals surface area contributed by atoms with Gasteiger partial charge in [-0.05, 0) is 31.1 Å². The molecule has 1 heterocycles. The second-order valence-corrected chi connectivity index (χ2v) is 6.21. The molecule has 0 N–H and O–H groups in total. The van der Waals surface area contributed by atoms with Gasteiger partial charge in [0.05, 0.1) is 19.8 Å². The molecule has 0 spiro atoms. The topological polar surface area (TPSA) is 68.2 Å². The van der Waals surface area contributed by atoms with Crippen LogP contribution < -0.4 is 0 Å². The molecule has 1 saturated heterocycles. The third kappa shape index (κ3) is 3.66. The van der Waals surface area contributed by atoms with Crippen molar-refractivity contribution in [2.75, 3.05) is 27.4 Å². The lowest BCUT2D eigenvalue weighted by Crippen LogP contribution is -2.32. The van der Waals surface area contributed by atoms with E-state index >= 15 is 0 Å². The Hall–Kier alpha value is -1.43. The van der Waals surface area contributed by atoms with Gasteiger partial charge in [0.25, 0.3) is 0 Å². The molecule has 1 aliphatic carbocycles. The second kappa shape index (κ2) is 7.72. The highest BCUT2D eigenvalue weighted by molar-refractivity contribution is 6.01. The van der Waals surface area contributed by atoms with Crippen molar-refractivity contribution < 1.29 is 19.1 Å². The Bertz CT molecular complexity index is 438. The summed E-state index contributed by atoms with van der Waals surface area (Å²) in [5, 5.41) is 6.64. The molecule has 2 aliphatic rings. The second-order valence-electron chi connectivity index (χ2n) is 6.21. The summed E-state index contributed by atoms with van der Waals surface area (Å²) < 4.78 is 10.00. The van der Waals surface area contributed by atoms with Crippen LogP contribution in [0, 0.1) is 17.8 Å². The van der Waals surface area contributed by atoms with E-state index in [4.69, 9.17) is 9.47 Å². The van der Waals surface area contributed by atoms with E-state index in [-0.39, 0.29) is 17.6 Å². The van der Waals surface area contributed by atoms with E-state index in [9.17, 15) is 9.59 Å². The van der Waals surface area contributed by atoms with E-state index in [1.54, 1.807) is 7.11 Å². The first-order valence-corrected chi connectivity index (χ1v) is 7.98. The van der Waals surface area contributed by atoms with E-state index in [0.29, 0.717) is 19.1 Å². The lowest BCUT2D eigenvalue weighted by Gasteiger charge is -2.23. The van der Waals surface area contributed by atoms with Crippen LogP contribution in [-0.4, -0.2) is 56.4 Å². The third-order valence-electron chi connectivity index (χ3n) is 4.78. The molecule has 22 heavy (non-hydrogen) atoms. The van der Waals surface area contributed by atoms with Gasteiger partial charge >= 0.3 is 5.97 Å². The summed E-state index contributed by atoms with van der Waals surface area (Å²) in [6.45, 7) is 3.63. The van der Waals surface area contributed by atoms with Gasteiger partial charge < -0.3 is 9.47 Å². The highest BCUT2D eigenvalue weighted by Gasteiger charge is 2.43. The fourth-order valence-electron chi connectivity index (χ4n) is 3.51. The lowest BCUT2D eigenvalue weighted by atomic mass is 9.85. The van der Waals surface area contributed by atoms with Gasteiger partial charge in [0, 0.05) is 26.3 Å². The number of nitrogens with zero attached hydrogens (tertiary/aromatic N) is 2. The smallest absolute Gasteiger partial charge is 0.316 e. The monoisotopic (exact) mass is 310 g/mol.